The van der Waals surface area contributed by atoms with Crippen LogP contribution in [0.2, 0.25) is 0 Å². The van der Waals surface area contributed by atoms with Gasteiger partial charge in [-0.1, -0.05) is 19.8 Å². The molecule has 2 aliphatic carbocycles. The van der Waals surface area contributed by atoms with Crippen LogP contribution in [-0.4, -0.2) is 4.98 Å². The van der Waals surface area contributed by atoms with Crippen LogP contribution in [0.5, 0.6) is 0 Å². The van der Waals surface area contributed by atoms with Crippen molar-refractivity contribution in [1.82, 2.24) is 4.98 Å². The van der Waals surface area contributed by atoms with E-state index in [2.05, 4.69) is 13.0 Å². The zero-order valence-corrected chi connectivity index (χ0v) is 15.8. The van der Waals surface area contributed by atoms with Gasteiger partial charge < -0.3 is 4.42 Å². The monoisotopic (exact) mass is 351 g/mol. The highest BCUT2D eigenvalue weighted by molar-refractivity contribution is 7.19. The Balaban J connectivity index is 1.82. The van der Waals surface area contributed by atoms with Crippen LogP contribution in [0.4, 0.5) is 0 Å². The van der Waals surface area contributed by atoms with E-state index in [-0.39, 0.29) is 0 Å². The molecule has 3 aromatic rings. The Hall–Kier alpha value is -1.61. The van der Waals surface area contributed by atoms with Crippen LogP contribution in [0.15, 0.2) is 22.8 Å². The first-order chi connectivity index (χ1) is 12.3. The predicted molar refractivity (Wildman–Crippen MR) is 104 cm³/mol. The second kappa shape index (κ2) is 6.28. The zero-order chi connectivity index (χ0) is 16.8. The van der Waals surface area contributed by atoms with Gasteiger partial charge in [-0.2, -0.15) is 0 Å². The lowest BCUT2D eigenvalue weighted by Gasteiger charge is -2.20. The first-order valence-corrected chi connectivity index (χ1v) is 10.6. The molecule has 1 atom stereocenters. The quantitative estimate of drug-likeness (QED) is 0.511. The zero-order valence-electron chi connectivity index (χ0n) is 14.9. The van der Waals surface area contributed by atoms with E-state index in [9.17, 15) is 0 Å². The summed E-state index contributed by atoms with van der Waals surface area (Å²) in [4.78, 5) is 8.03. The summed E-state index contributed by atoms with van der Waals surface area (Å²) < 4.78 is 5.92. The van der Waals surface area contributed by atoms with Gasteiger partial charge in [0.2, 0.25) is 0 Å². The molecule has 3 aromatic heterocycles. The first kappa shape index (κ1) is 15.6. The third-order valence-corrected chi connectivity index (χ3v) is 7.14. The summed E-state index contributed by atoms with van der Waals surface area (Å²) in [5.74, 6) is 1.84. The van der Waals surface area contributed by atoms with E-state index in [0.29, 0.717) is 0 Å². The highest BCUT2D eigenvalue weighted by atomic mass is 32.1. The van der Waals surface area contributed by atoms with Gasteiger partial charge in [0, 0.05) is 21.5 Å². The molecular weight excluding hydrogens is 326 g/mol. The van der Waals surface area contributed by atoms with Crippen LogP contribution in [-0.2, 0) is 25.7 Å². The Kier molecular flexibility index (Phi) is 3.93. The third kappa shape index (κ3) is 2.64. The molecule has 0 aliphatic heterocycles. The number of hydrogen-bond donors (Lipinski definition) is 0. The van der Waals surface area contributed by atoms with Crippen molar-refractivity contribution in [2.24, 2.45) is 5.92 Å². The van der Waals surface area contributed by atoms with E-state index in [0.717, 1.165) is 24.5 Å². The fraction of sp³-hybridized carbons (Fsp3) is 0.500. The number of nitrogens with zero attached hydrogens (tertiary/aromatic N) is 1. The fourth-order valence-electron chi connectivity index (χ4n) is 4.67. The SMILES string of the molecule is C[C@@H]1CCc2c(sc3nc4c(c(-c5ccco5)c23)CCCCCC4)C1. The molecule has 3 heterocycles. The molecule has 25 heavy (non-hydrogen) atoms. The average Bonchev–Trinajstić information content (AvgIpc) is 3.21. The predicted octanol–water partition coefficient (Wildman–Crippen LogP) is 6.34. The number of aryl methyl sites for hydroxylation is 2. The number of furan rings is 1. The van der Waals surface area contributed by atoms with Crippen LogP contribution in [0.3, 0.4) is 0 Å². The van der Waals surface area contributed by atoms with Crippen molar-refractivity contribution >= 4 is 21.6 Å². The molecule has 0 saturated heterocycles. The van der Waals surface area contributed by atoms with Gasteiger partial charge in [-0.15, -0.1) is 11.3 Å². The lowest BCUT2D eigenvalue weighted by Crippen LogP contribution is -2.09. The van der Waals surface area contributed by atoms with Gasteiger partial charge in [0.05, 0.1) is 6.26 Å². The summed E-state index contributed by atoms with van der Waals surface area (Å²) in [7, 11) is 0. The van der Waals surface area contributed by atoms with Crippen molar-refractivity contribution in [3.8, 4) is 11.3 Å². The minimum atomic E-state index is 0.800. The number of aromatic nitrogens is 1. The molecule has 3 heteroatoms. The van der Waals surface area contributed by atoms with Crippen LogP contribution in [0.25, 0.3) is 21.5 Å². The third-order valence-electron chi connectivity index (χ3n) is 5.99. The van der Waals surface area contributed by atoms with Gasteiger partial charge >= 0.3 is 0 Å². The summed E-state index contributed by atoms with van der Waals surface area (Å²) in [6, 6.07) is 4.17. The largest absolute Gasteiger partial charge is 0.464 e. The highest BCUT2D eigenvalue weighted by Gasteiger charge is 2.27. The minimum absolute atomic E-state index is 0.800. The van der Waals surface area contributed by atoms with E-state index in [4.69, 9.17) is 9.40 Å². The van der Waals surface area contributed by atoms with Gasteiger partial charge in [0.15, 0.2) is 0 Å². The maximum Gasteiger partial charge on any atom is 0.134 e. The summed E-state index contributed by atoms with van der Waals surface area (Å²) in [5, 5.41) is 1.42. The second-order valence-electron chi connectivity index (χ2n) is 7.84. The van der Waals surface area contributed by atoms with E-state index < -0.39 is 0 Å². The smallest absolute Gasteiger partial charge is 0.134 e. The van der Waals surface area contributed by atoms with Crippen LogP contribution < -0.4 is 0 Å². The molecule has 0 spiro atoms. The Morgan fingerprint density at radius 3 is 2.80 bits per heavy atom. The Bertz CT molecular complexity index is 906. The summed E-state index contributed by atoms with van der Waals surface area (Å²) in [5.41, 5.74) is 5.76. The first-order valence-electron chi connectivity index (χ1n) is 9.81. The topological polar surface area (TPSA) is 26.0 Å². The molecule has 0 fully saturated rings. The average molecular weight is 352 g/mol. The molecule has 0 unspecified atom stereocenters. The standard InChI is InChI=1S/C22H25NOS/c1-14-10-11-16-19(13-14)25-22-21(16)20(18-9-6-12-24-18)15-7-4-2-3-5-8-17(15)23-22/h6,9,12,14H,2-5,7-8,10-11,13H2,1H3/t14-/m1/s1. The number of thiophene rings is 1. The van der Waals surface area contributed by atoms with Crippen molar-refractivity contribution in [2.75, 3.05) is 0 Å². The van der Waals surface area contributed by atoms with Crippen LogP contribution in [0, 0.1) is 5.92 Å². The minimum Gasteiger partial charge on any atom is -0.464 e. The Labute approximate surface area is 153 Å². The lowest BCUT2D eigenvalue weighted by atomic mass is 9.85. The molecule has 0 radical (unpaired) electrons. The Morgan fingerprint density at radius 1 is 1.08 bits per heavy atom. The molecular formula is C22H25NOS. The molecule has 130 valence electrons. The number of pyridine rings is 1. The normalized spacial score (nSPS) is 20.8. The number of hydrogen-bond acceptors (Lipinski definition) is 3. The fourth-order valence-corrected chi connectivity index (χ4v) is 6.09. The van der Waals surface area contributed by atoms with Crippen molar-refractivity contribution in [3.05, 3.63) is 40.1 Å². The Morgan fingerprint density at radius 2 is 1.96 bits per heavy atom. The maximum atomic E-state index is 5.92. The molecule has 2 aliphatic rings. The summed E-state index contributed by atoms with van der Waals surface area (Å²) in [6.45, 7) is 2.38. The van der Waals surface area contributed by atoms with Crippen molar-refractivity contribution in [3.63, 3.8) is 0 Å². The summed E-state index contributed by atoms with van der Waals surface area (Å²) in [6.07, 6.45) is 13.0. The maximum absolute atomic E-state index is 5.92. The number of fused-ring (bicyclic) bond motifs is 4. The molecule has 0 bridgehead atoms. The molecule has 0 N–H and O–H groups in total. The molecule has 0 aromatic carbocycles. The van der Waals surface area contributed by atoms with Gasteiger partial charge in [0.1, 0.15) is 10.6 Å². The van der Waals surface area contributed by atoms with E-state index in [1.54, 1.807) is 10.4 Å². The molecule has 0 saturated carbocycles. The van der Waals surface area contributed by atoms with Crippen molar-refractivity contribution < 1.29 is 4.42 Å². The molecule has 0 amide bonds. The van der Waals surface area contributed by atoms with E-state index in [1.807, 2.05) is 23.7 Å². The summed E-state index contributed by atoms with van der Waals surface area (Å²) >= 11 is 1.95. The van der Waals surface area contributed by atoms with Crippen LogP contribution >= 0.6 is 11.3 Å². The van der Waals surface area contributed by atoms with Gasteiger partial charge in [0.25, 0.3) is 0 Å². The van der Waals surface area contributed by atoms with Gasteiger partial charge in [-0.3, -0.25) is 0 Å². The second-order valence-corrected chi connectivity index (χ2v) is 8.92. The van der Waals surface area contributed by atoms with Gasteiger partial charge in [-0.25, -0.2) is 4.98 Å². The van der Waals surface area contributed by atoms with E-state index >= 15 is 0 Å². The van der Waals surface area contributed by atoms with Gasteiger partial charge in [-0.05, 0) is 74.1 Å². The highest BCUT2D eigenvalue weighted by Crippen LogP contribution is 2.44. The van der Waals surface area contributed by atoms with Crippen LogP contribution in [0.1, 0.15) is 60.7 Å². The number of rotatable bonds is 1. The lowest BCUT2D eigenvalue weighted by molar-refractivity contribution is 0.509. The van der Waals surface area contributed by atoms with E-state index in [1.165, 1.54) is 72.0 Å². The van der Waals surface area contributed by atoms with Crippen molar-refractivity contribution in [2.45, 2.75) is 64.7 Å². The molecule has 5 rings (SSSR count). The molecule has 2 nitrogen and oxygen atoms in total. The van der Waals surface area contributed by atoms with Crippen molar-refractivity contribution in [1.29, 1.82) is 0 Å².